The summed E-state index contributed by atoms with van der Waals surface area (Å²) in [5, 5.41) is 0. The van der Waals surface area contributed by atoms with Gasteiger partial charge in [-0.3, -0.25) is 14.4 Å². The quantitative estimate of drug-likeness (QED) is 0.0262. The highest BCUT2D eigenvalue weighted by Gasteiger charge is 2.19. The number of ether oxygens (including phenoxy) is 3. The van der Waals surface area contributed by atoms with E-state index in [1.165, 1.54) is 77.0 Å². The van der Waals surface area contributed by atoms with Gasteiger partial charge in [0, 0.05) is 19.3 Å². The van der Waals surface area contributed by atoms with Crippen LogP contribution in [0.4, 0.5) is 0 Å². The van der Waals surface area contributed by atoms with Gasteiger partial charge in [0.1, 0.15) is 13.2 Å². The van der Waals surface area contributed by atoms with Crippen LogP contribution in [0.15, 0.2) is 72.9 Å². The second-order valence-corrected chi connectivity index (χ2v) is 17.1. The van der Waals surface area contributed by atoms with Gasteiger partial charge in [-0.05, 0) is 103 Å². The molecular weight excluding hydrogens is 769 g/mol. The lowest BCUT2D eigenvalue weighted by Crippen LogP contribution is -2.30. The van der Waals surface area contributed by atoms with Crippen molar-refractivity contribution in [2.45, 2.75) is 252 Å². The second kappa shape index (κ2) is 50.5. The first-order valence-electron chi connectivity index (χ1n) is 25.9. The molecule has 0 bridgehead atoms. The van der Waals surface area contributed by atoms with Gasteiger partial charge in [-0.15, -0.1) is 0 Å². The van der Waals surface area contributed by atoms with Crippen LogP contribution in [0, 0.1) is 0 Å². The summed E-state index contributed by atoms with van der Waals surface area (Å²) in [6.07, 6.45) is 63.0. The standard InChI is InChI=1S/C56H96O6/c1-4-7-10-13-16-19-22-25-27-28-29-32-34-37-40-43-46-49-55(58)61-52-53(51-60-54(57)48-45-42-39-36-33-30-24-21-18-15-12-9-6-3)62-56(59)50-47-44-41-38-35-31-26-23-20-17-14-11-8-5-2/h12,14-17,19,21,23-27,53H,4-11,13,18,20,22,28-52H2,1-3H3/b15-12-,17-14-,19-16-,24-21-,26-23-,27-25-. The Bertz CT molecular complexity index is 1180. The summed E-state index contributed by atoms with van der Waals surface area (Å²) >= 11 is 0. The molecule has 0 spiro atoms. The molecule has 0 aromatic rings. The topological polar surface area (TPSA) is 78.9 Å². The first kappa shape index (κ1) is 58.9. The van der Waals surface area contributed by atoms with Gasteiger partial charge in [0.25, 0.3) is 0 Å². The Kier molecular flexibility index (Phi) is 47.9. The van der Waals surface area contributed by atoms with E-state index < -0.39 is 6.10 Å². The van der Waals surface area contributed by atoms with Crippen LogP contribution in [0.2, 0.25) is 0 Å². The van der Waals surface area contributed by atoms with Gasteiger partial charge < -0.3 is 14.2 Å². The monoisotopic (exact) mass is 865 g/mol. The Balaban J connectivity index is 4.42. The number of hydrogen-bond acceptors (Lipinski definition) is 6. The third-order valence-electron chi connectivity index (χ3n) is 10.9. The lowest BCUT2D eigenvalue weighted by atomic mass is 10.1. The summed E-state index contributed by atoms with van der Waals surface area (Å²) in [5.41, 5.74) is 0. The van der Waals surface area contributed by atoms with Crippen molar-refractivity contribution in [3.05, 3.63) is 72.9 Å². The Labute approximate surface area is 382 Å². The molecule has 0 aliphatic carbocycles. The van der Waals surface area contributed by atoms with Gasteiger partial charge in [0.2, 0.25) is 0 Å². The average Bonchev–Trinajstić information content (AvgIpc) is 3.27. The first-order chi connectivity index (χ1) is 30.5. The number of rotatable bonds is 46. The third kappa shape index (κ3) is 47.9. The Hall–Kier alpha value is -3.15. The number of unbranched alkanes of at least 4 members (excludes halogenated alkanes) is 23. The minimum absolute atomic E-state index is 0.0902. The fourth-order valence-corrected chi connectivity index (χ4v) is 6.94. The molecule has 0 rings (SSSR count). The molecule has 1 atom stereocenters. The SMILES string of the molecule is CCC/C=C\C/C=C\CCCCCCCC(=O)OCC(COC(=O)CCCCCCCCC/C=C\C/C=C\CCCCC)OC(=O)CCCCCCC/C=C\C/C=C\CCCC. The van der Waals surface area contributed by atoms with E-state index in [0.717, 1.165) is 128 Å². The molecule has 0 saturated carbocycles. The molecule has 0 radical (unpaired) electrons. The molecule has 0 saturated heterocycles. The summed E-state index contributed by atoms with van der Waals surface area (Å²) < 4.78 is 16.8. The predicted molar refractivity (Wildman–Crippen MR) is 265 cm³/mol. The summed E-state index contributed by atoms with van der Waals surface area (Å²) in [7, 11) is 0. The van der Waals surface area contributed by atoms with Crippen molar-refractivity contribution in [3.8, 4) is 0 Å². The molecule has 0 fully saturated rings. The van der Waals surface area contributed by atoms with Crippen molar-refractivity contribution >= 4 is 17.9 Å². The average molecular weight is 865 g/mol. The van der Waals surface area contributed by atoms with Crippen LogP contribution in [0.3, 0.4) is 0 Å². The number of allylic oxidation sites excluding steroid dienone is 12. The highest BCUT2D eigenvalue weighted by Crippen LogP contribution is 2.14. The van der Waals surface area contributed by atoms with Gasteiger partial charge >= 0.3 is 17.9 Å². The first-order valence-corrected chi connectivity index (χ1v) is 25.9. The Morgan fingerprint density at radius 3 is 1.00 bits per heavy atom. The maximum Gasteiger partial charge on any atom is 0.306 e. The van der Waals surface area contributed by atoms with Crippen LogP contribution in [-0.2, 0) is 28.6 Å². The minimum atomic E-state index is -0.791. The number of hydrogen-bond donors (Lipinski definition) is 0. The molecule has 356 valence electrons. The Morgan fingerprint density at radius 2 is 0.629 bits per heavy atom. The number of esters is 3. The van der Waals surface area contributed by atoms with Crippen molar-refractivity contribution in [1.82, 2.24) is 0 Å². The van der Waals surface area contributed by atoms with E-state index in [2.05, 4.69) is 93.7 Å². The zero-order valence-corrected chi connectivity index (χ0v) is 40.6. The van der Waals surface area contributed by atoms with Gasteiger partial charge in [-0.25, -0.2) is 0 Å². The van der Waals surface area contributed by atoms with E-state index in [4.69, 9.17) is 14.2 Å². The summed E-state index contributed by atoms with van der Waals surface area (Å²) in [5.74, 6) is -0.925. The zero-order chi connectivity index (χ0) is 45.1. The van der Waals surface area contributed by atoms with Crippen molar-refractivity contribution < 1.29 is 28.6 Å². The van der Waals surface area contributed by atoms with Gasteiger partial charge in [-0.1, -0.05) is 196 Å². The van der Waals surface area contributed by atoms with Gasteiger partial charge in [-0.2, -0.15) is 0 Å². The van der Waals surface area contributed by atoms with Crippen LogP contribution in [0.5, 0.6) is 0 Å². The van der Waals surface area contributed by atoms with E-state index in [1.807, 2.05) is 0 Å². The van der Waals surface area contributed by atoms with Crippen LogP contribution in [-0.4, -0.2) is 37.2 Å². The fourth-order valence-electron chi connectivity index (χ4n) is 6.94. The van der Waals surface area contributed by atoms with Crippen molar-refractivity contribution in [1.29, 1.82) is 0 Å². The number of carbonyl (C=O) groups excluding carboxylic acids is 3. The lowest BCUT2D eigenvalue weighted by molar-refractivity contribution is -0.167. The van der Waals surface area contributed by atoms with E-state index in [9.17, 15) is 14.4 Å². The molecule has 0 aliphatic rings. The normalized spacial score (nSPS) is 12.6. The maximum atomic E-state index is 12.8. The molecule has 62 heavy (non-hydrogen) atoms. The third-order valence-corrected chi connectivity index (χ3v) is 10.9. The van der Waals surface area contributed by atoms with Crippen LogP contribution in [0.25, 0.3) is 0 Å². The van der Waals surface area contributed by atoms with Gasteiger partial charge in [0.15, 0.2) is 6.10 Å². The molecule has 6 nitrogen and oxygen atoms in total. The van der Waals surface area contributed by atoms with E-state index in [1.54, 1.807) is 0 Å². The smallest absolute Gasteiger partial charge is 0.306 e. The summed E-state index contributed by atoms with van der Waals surface area (Å²) in [4.78, 5) is 38.0. The van der Waals surface area contributed by atoms with Crippen LogP contribution in [0.1, 0.15) is 245 Å². The second-order valence-electron chi connectivity index (χ2n) is 17.1. The fraction of sp³-hybridized carbons (Fsp3) is 0.732. The molecule has 0 N–H and O–H groups in total. The molecule has 0 aromatic carbocycles. The molecule has 0 amide bonds. The van der Waals surface area contributed by atoms with Gasteiger partial charge in [0.05, 0.1) is 0 Å². The molecule has 1 unspecified atom stereocenters. The summed E-state index contributed by atoms with van der Waals surface area (Å²) in [6, 6.07) is 0. The lowest BCUT2D eigenvalue weighted by Gasteiger charge is -2.18. The van der Waals surface area contributed by atoms with Crippen molar-refractivity contribution in [2.75, 3.05) is 13.2 Å². The van der Waals surface area contributed by atoms with Crippen molar-refractivity contribution in [3.63, 3.8) is 0 Å². The zero-order valence-electron chi connectivity index (χ0n) is 40.6. The maximum absolute atomic E-state index is 12.8. The molecule has 0 heterocycles. The van der Waals surface area contributed by atoms with Crippen LogP contribution < -0.4 is 0 Å². The predicted octanol–water partition coefficient (Wildman–Crippen LogP) is 17.0. The summed E-state index contributed by atoms with van der Waals surface area (Å²) in [6.45, 7) is 6.48. The van der Waals surface area contributed by atoms with E-state index in [0.29, 0.717) is 19.3 Å². The Morgan fingerprint density at radius 1 is 0.323 bits per heavy atom. The minimum Gasteiger partial charge on any atom is -0.462 e. The van der Waals surface area contributed by atoms with E-state index >= 15 is 0 Å². The highest BCUT2D eigenvalue weighted by atomic mass is 16.6. The van der Waals surface area contributed by atoms with E-state index in [-0.39, 0.29) is 31.1 Å². The molecule has 0 aliphatic heterocycles. The number of carbonyl (C=O) groups is 3. The van der Waals surface area contributed by atoms with Crippen molar-refractivity contribution in [2.24, 2.45) is 0 Å². The highest BCUT2D eigenvalue weighted by molar-refractivity contribution is 5.71. The largest absolute Gasteiger partial charge is 0.462 e. The molecule has 6 heteroatoms. The molecular formula is C56H96O6. The van der Waals surface area contributed by atoms with Crippen LogP contribution >= 0.6 is 0 Å². The molecule has 0 aromatic heterocycles.